The molecule has 4 heteroatoms. The molecular formula is C17H21N3O. The summed E-state index contributed by atoms with van der Waals surface area (Å²) in [6.45, 7) is 6.31. The van der Waals surface area contributed by atoms with Gasteiger partial charge in [0.25, 0.3) is 0 Å². The Hall–Kier alpha value is -2.36. The highest BCUT2D eigenvalue weighted by atomic mass is 16.2. The number of pyridine rings is 1. The van der Waals surface area contributed by atoms with Crippen molar-refractivity contribution in [2.24, 2.45) is 0 Å². The number of aromatic nitrogens is 1. The Balaban J connectivity index is 2.08. The maximum Gasteiger partial charge on any atom is 0.230 e. The molecule has 1 aromatic carbocycles. The van der Waals surface area contributed by atoms with Gasteiger partial charge in [-0.05, 0) is 55.7 Å². The molecule has 0 radical (unpaired) electrons. The van der Waals surface area contributed by atoms with Crippen molar-refractivity contribution in [2.75, 3.05) is 5.73 Å². The van der Waals surface area contributed by atoms with Gasteiger partial charge in [0.15, 0.2) is 0 Å². The van der Waals surface area contributed by atoms with Crippen LogP contribution < -0.4 is 11.1 Å². The molecule has 0 saturated heterocycles. The fourth-order valence-corrected chi connectivity index (χ4v) is 2.13. The predicted molar refractivity (Wildman–Crippen MR) is 84.7 cm³/mol. The second-order valence-electron chi connectivity index (χ2n) is 5.73. The monoisotopic (exact) mass is 283 g/mol. The maximum atomic E-state index is 12.5. The molecule has 3 N–H and O–H groups in total. The molecule has 0 aliphatic heterocycles. The standard InChI is InChI=1S/C17H21N3O/c1-12-10-19-9-8-13(12)11-20-16(21)17(2,3)14-4-6-15(18)7-5-14/h4-10H,11,18H2,1-3H3,(H,20,21). The van der Waals surface area contributed by atoms with Crippen molar-refractivity contribution in [2.45, 2.75) is 32.7 Å². The van der Waals surface area contributed by atoms with Crippen LogP contribution in [0.4, 0.5) is 5.69 Å². The molecule has 0 spiro atoms. The summed E-state index contributed by atoms with van der Waals surface area (Å²) in [5.74, 6) is -0.0107. The predicted octanol–water partition coefficient (Wildman–Crippen LogP) is 2.57. The number of benzene rings is 1. The van der Waals surface area contributed by atoms with Gasteiger partial charge in [-0.25, -0.2) is 0 Å². The maximum absolute atomic E-state index is 12.5. The molecule has 2 rings (SSSR count). The third-order valence-electron chi connectivity index (χ3n) is 3.78. The minimum Gasteiger partial charge on any atom is -0.399 e. The van der Waals surface area contributed by atoms with E-state index >= 15 is 0 Å². The molecule has 0 saturated carbocycles. The fourth-order valence-electron chi connectivity index (χ4n) is 2.13. The molecule has 1 aromatic heterocycles. The van der Waals surface area contributed by atoms with E-state index in [1.54, 1.807) is 12.4 Å². The fraction of sp³-hybridized carbons (Fsp3) is 0.294. The van der Waals surface area contributed by atoms with E-state index in [1.165, 1.54) is 0 Å². The number of hydrogen-bond donors (Lipinski definition) is 2. The molecule has 21 heavy (non-hydrogen) atoms. The minimum atomic E-state index is -0.603. The highest BCUT2D eigenvalue weighted by molar-refractivity contribution is 5.87. The number of aryl methyl sites for hydroxylation is 1. The van der Waals surface area contributed by atoms with Crippen LogP contribution in [0.15, 0.2) is 42.7 Å². The first kappa shape index (κ1) is 15.0. The van der Waals surface area contributed by atoms with Crippen LogP contribution >= 0.6 is 0 Å². The van der Waals surface area contributed by atoms with Crippen molar-refractivity contribution in [3.05, 3.63) is 59.4 Å². The SMILES string of the molecule is Cc1cnccc1CNC(=O)C(C)(C)c1ccc(N)cc1. The lowest BCUT2D eigenvalue weighted by Crippen LogP contribution is -2.39. The molecule has 0 aliphatic carbocycles. The molecule has 1 amide bonds. The number of carbonyl (C=O) groups excluding carboxylic acids is 1. The lowest BCUT2D eigenvalue weighted by Gasteiger charge is -2.24. The summed E-state index contributed by atoms with van der Waals surface area (Å²) in [4.78, 5) is 16.5. The topological polar surface area (TPSA) is 68.0 Å². The smallest absolute Gasteiger partial charge is 0.230 e. The third-order valence-corrected chi connectivity index (χ3v) is 3.78. The Morgan fingerprint density at radius 1 is 1.24 bits per heavy atom. The number of carbonyl (C=O) groups is 1. The third kappa shape index (κ3) is 3.40. The van der Waals surface area contributed by atoms with Crippen molar-refractivity contribution in [3.8, 4) is 0 Å². The number of rotatable bonds is 4. The molecule has 4 nitrogen and oxygen atoms in total. The molecular weight excluding hydrogens is 262 g/mol. The average molecular weight is 283 g/mol. The number of nitrogen functional groups attached to an aromatic ring is 1. The Morgan fingerprint density at radius 2 is 1.90 bits per heavy atom. The number of amides is 1. The summed E-state index contributed by atoms with van der Waals surface area (Å²) in [5, 5.41) is 3.00. The summed E-state index contributed by atoms with van der Waals surface area (Å²) in [6, 6.07) is 9.35. The first-order valence-corrected chi connectivity index (χ1v) is 6.95. The van der Waals surface area contributed by atoms with Gasteiger partial charge in [0.1, 0.15) is 0 Å². The van der Waals surface area contributed by atoms with Crippen LogP contribution in [0.25, 0.3) is 0 Å². The molecule has 0 fully saturated rings. The summed E-state index contributed by atoms with van der Waals surface area (Å²) in [7, 11) is 0. The second-order valence-corrected chi connectivity index (χ2v) is 5.73. The van der Waals surface area contributed by atoms with E-state index in [9.17, 15) is 4.79 Å². The number of nitrogens with one attached hydrogen (secondary N) is 1. The molecule has 0 atom stereocenters. The van der Waals surface area contributed by atoms with E-state index in [-0.39, 0.29) is 5.91 Å². The molecule has 2 aromatic rings. The molecule has 0 aliphatic rings. The van der Waals surface area contributed by atoms with Gasteiger partial charge in [0.05, 0.1) is 5.41 Å². The van der Waals surface area contributed by atoms with E-state index in [0.29, 0.717) is 12.2 Å². The first-order chi connectivity index (χ1) is 9.91. The molecule has 0 bridgehead atoms. The zero-order valence-corrected chi connectivity index (χ0v) is 12.7. The lowest BCUT2D eigenvalue weighted by molar-refractivity contribution is -0.125. The van der Waals surface area contributed by atoms with Crippen molar-refractivity contribution in [1.82, 2.24) is 10.3 Å². The van der Waals surface area contributed by atoms with E-state index in [0.717, 1.165) is 16.7 Å². The molecule has 1 heterocycles. The zero-order chi connectivity index (χ0) is 15.5. The van der Waals surface area contributed by atoms with Gasteiger partial charge < -0.3 is 11.1 Å². The van der Waals surface area contributed by atoms with E-state index in [4.69, 9.17) is 5.73 Å². The number of hydrogen-bond acceptors (Lipinski definition) is 3. The number of nitrogens with zero attached hydrogens (tertiary/aromatic N) is 1. The Labute approximate surface area is 125 Å². The van der Waals surface area contributed by atoms with Crippen molar-refractivity contribution in [3.63, 3.8) is 0 Å². The highest BCUT2D eigenvalue weighted by Crippen LogP contribution is 2.24. The number of nitrogens with two attached hydrogens (primary N) is 1. The van der Waals surface area contributed by atoms with Crippen LogP contribution in [0.1, 0.15) is 30.5 Å². The van der Waals surface area contributed by atoms with E-state index < -0.39 is 5.41 Å². The normalized spacial score (nSPS) is 11.2. The van der Waals surface area contributed by atoms with Gasteiger partial charge in [0.2, 0.25) is 5.91 Å². The first-order valence-electron chi connectivity index (χ1n) is 6.95. The van der Waals surface area contributed by atoms with Crippen LogP contribution in [-0.4, -0.2) is 10.9 Å². The van der Waals surface area contributed by atoms with Crippen LogP contribution in [0, 0.1) is 6.92 Å². The molecule has 110 valence electrons. The number of anilines is 1. The summed E-state index contributed by atoms with van der Waals surface area (Å²) in [6.07, 6.45) is 3.53. The van der Waals surface area contributed by atoms with Crippen molar-refractivity contribution in [1.29, 1.82) is 0 Å². The van der Waals surface area contributed by atoms with Crippen LogP contribution in [-0.2, 0) is 16.8 Å². The Morgan fingerprint density at radius 3 is 2.52 bits per heavy atom. The quantitative estimate of drug-likeness (QED) is 0.847. The Kier molecular flexibility index (Phi) is 4.26. The van der Waals surface area contributed by atoms with Crippen LogP contribution in [0.2, 0.25) is 0 Å². The zero-order valence-electron chi connectivity index (χ0n) is 12.7. The minimum absolute atomic E-state index is 0.0107. The highest BCUT2D eigenvalue weighted by Gasteiger charge is 2.29. The lowest BCUT2D eigenvalue weighted by atomic mass is 9.83. The van der Waals surface area contributed by atoms with E-state index in [1.807, 2.05) is 51.1 Å². The van der Waals surface area contributed by atoms with Gasteiger partial charge in [-0.1, -0.05) is 12.1 Å². The van der Waals surface area contributed by atoms with Gasteiger partial charge in [-0.2, -0.15) is 0 Å². The van der Waals surface area contributed by atoms with Gasteiger partial charge in [-0.15, -0.1) is 0 Å². The van der Waals surface area contributed by atoms with Crippen molar-refractivity contribution >= 4 is 11.6 Å². The largest absolute Gasteiger partial charge is 0.399 e. The summed E-state index contributed by atoms with van der Waals surface area (Å²) in [5.41, 5.74) is 8.88. The van der Waals surface area contributed by atoms with Crippen LogP contribution in [0.5, 0.6) is 0 Å². The van der Waals surface area contributed by atoms with Gasteiger partial charge in [0, 0.05) is 24.6 Å². The summed E-state index contributed by atoms with van der Waals surface area (Å²) >= 11 is 0. The summed E-state index contributed by atoms with van der Waals surface area (Å²) < 4.78 is 0. The van der Waals surface area contributed by atoms with Gasteiger partial charge in [-0.3, -0.25) is 9.78 Å². The Bertz CT molecular complexity index is 633. The second kappa shape index (κ2) is 5.95. The van der Waals surface area contributed by atoms with Gasteiger partial charge >= 0.3 is 0 Å². The average Bonchev–Trinajstić information content (AvgIpc) is 2.46. The van der Waals surface area contributed by atoms with Crippen LogP contribution in [0.3, 0.4) is 0 Å². The van der Waals surface area contributed by atoms with E-state index in [2.05, 4.69) is 10.3 Å². The molecule has 0 unspecified atom stereocenters. The van der Waals surface area contributed by atoms with Crippen molar-refractivity contribution < 1.29 is 4.79 Å².